The molecule has 4 heteroatoms. The summed E-state index contributed by atoms with van der Waals surface area (Å²) in [5, 5.41) is 6.58. The van der Waals surface area contributed by atoms with Gasteiger partial charge >= 0.3 is 0 Å². The maximum atomic E-state index is 4.08. The largest absolute Gasteiger partial charge is 0.285 e. The molecule has 0 saturated heterocycles. The van der Waals surface area contributed by atoms with E-state index in [0.29, 0.717) is 0 Å². The number of aromatic nitrogens is 4. The van der Waals surface area contributed by atoms with Crippen molar-refractivity contribution in [2.75, 3.05) is 0 Å². The Morgan fingerprint density at radius 1 is 1.08 bits per heavy atom. The Bertz CT molecular complexity index is 349. The minimum atomic E-state index is 0.780. The zero-order valence-corrected chi connectivity index (χ0v) is 6.65. The first-order valence-electron chi connectivity index (χ1n) is 3.64. The number of hydrogen-bond donors (Lipinski definition) is 1. The van der Waals surface area contributed by atoms with Crippen LogP contribution in [-0.4, -0.2) is 20.2 Å². The number of nitrogens with zero attached hydrogens (tertiary/aromatic N) is 3. The van der Waals surface area contributed by atoms with Crippen LogP contribution in [0.3, 0.4) is 0 Å². The lowest BCUT2D eigenvalue weighted by molar-refractivity contribution is 1.06. The maximum Gasteiger partial charge on any atom is 0.125 e. The minimum Gasteiger partial charge on any atom is -0.285 e. The summed E-state index contributed by atoms with van der Waals surface area (Å²) < 4.78 is 0. The molecule has 2 aromatic heterocycles. The first-order valence-corrected chi connectivity index (χ1v) is 3.64. The summed E-state index contributed by atoms with van der Waals surface area (Å²) in [6.45, 7) is 1.86. The van der Waals surface area contributed by atoms with Crippen LogP contribution in [-0.2, 0) is 0 Å². The molecule has 2 heterocycles. The Morgan fingerprint density at radius 2 is 1.83 bits per heavy atom. The van der Waals surface area contributed by atoms with Crippen molar-refractivity contribution >= 4 is 0 Å². The molecule has 1 N–H and O–H groups in total. The molecule has 4 nitrogen and oxygen atoms in total. The highest BCUT2D eigenvalue weighted by Gasteiger charge is 1.97. The summed E-state index contributed by atoms with van der Waals surface area (Å²) in [6, 6.07) is 0. The van der Waals surface area contributed by atoms with Crippen molar-refractivity contribution in [3.05, 3.63) is 30.6 Å². The average molecular weight is 160 g/mol. The highest BCUT2D eigenvalue weighted by Crippen LogP contribution is 2.13. The lowest BCUT2D eigenvalue weighted by Crippen LogP contribution is -1.86. The van der Waals surface area contributed by atoms with Crippen LogP contribution >= 0.6 is 0 Å². The van der Waals surface area contributed by atoms with Crippen LogP contribution in [0.25, 0.3) is 11.1 Å². The van der Waals surface area contributed by atoms with Gasteiger partial charge in [0.2, 0.25) is 0 Å². The molecule has 2 rings (SSSR count). The molecule has 12 heavy (non-hydrogen) atoms. The van der Waals surface area contributed by atoms with Crippen molar-refractivity contribution in [3.8, 4) is 11.1 Å². The number of aryl methyl sites for hydroxylation is 1. The van der Waals surface area contributed by atoms with E-state index in [1.165, 1.54) is 0 Å². The zero-order chi connectivity index (χ0) is 8.39. The fourth-order valence-electron chi connectivity index (χ4n) is 0.950. The van der Waals surface area contributed by atoms with Crippen LogP contribution in [0.15, 0.2) is 24.8 Å². The third-order valence-corrected chi connectivity index (χ3v) is 1.61. The molecule has 2 aromatic rings. The quantitative estimate of drug-likeness (QED) is 0.681. The van der Waals surface area contributed by atoms with Crippen LogP contribution in [0.4, 0.5) is 0 Å². The second kappa shape index (κ2) is 2.73. The molecule has 0 fully saturated rings. The lowest BCUT2D eigenvalue weighted by atomic mass is 10.2. The lowest BCUT2D eigenvalue weighted by Gasteiger charge is -1.94. The molecule has 0 aromatic carbocycles. The topological polar surface area (TPSA) is 54.5 Å². The highest BCUT2D eigenvalue weighted by molar-refractivity contribution is 5.58. The molecular formula is C8H8N4. The van der Waals surface area contributed by atoms with Crippen molar-refractivity contribution in [1.29, 1.82) is 0 Å². The number of rotatable bonds is 1. The summed E-state index contributed by atoms with van der Waals surface area (Å²) in [7, 11) is 0. The van der Waals surface area contributed by atoms with Crippen LogP contribution in [0.2, 0.25) is 0 Å². The van der Waals surface area contributed by atoms with Crippen LogP contribution in [0, 0.1) is 6.92 Å². The molecule has 0 unspecified atom stereocenters. The van der Waals surface area contributed by atoms with E-state index in [2.05, 4.69) is 20.2 Å². The number of hydrogen-bond acceptors (Lipinski definition) is 3. The van der Waals surface area contributed by atoms with Crippen molar-refractivity contribution in [3.63, 3.8) is 0 Å². The predicted molar refractivity (Wildman–Crippen MR) is 44.4 cm³/mol. The van der Waals surface area contributed by atoms with Gasteiger partial charge in [-0.05, 0) is 6.92 Å². The van der Waals surface area contributed by atoms with Gasteiger partial charge < -0.3 is 0 Å². The highest BCUT2D eigenvalue weighted by atomic mass is 15.1. The van der Waals surface area contributed by atoms with Crippen LogP contribution in [0.1, 0.15) is 5.82 Å². The van der Waals surface area contributed by atoms with Gasteiger partial charge in [0, 0.05) is 29.7 Å². The summed E-state index contributed by atoms with van der Waals surface area (Å²) in [5.74, 6) is 0.780. The van der Waals surface area contributed by atoms with E-state index in [4.69, 9.17) is 0 Å². The Hall–Kier alpha value is -1.71. The van der Waals surface area contributed by atoms with Gasteiger partial charge in [-0.15, -0.1) is 0 Å². The molecule has 0 bridgehead atoms. The fraction of sp³-hybridized carbons (Fsp3) is 0.125. The smallest absolute Gasteiger partial charge is 0.125 e. The third kappa shape index (κ3) is 1.18. The Kier molecular flexibility index (Phi) is 1.59. The van der Waals surface area contributed by atoms with E-state index in [0.717, 1.165) is 17.0 Å². The minimum absolute atomic E-state index is 0.780. The third-order valence-electron chi connectivity index (χ3n) is 1.61. The molecule has 0 saturated carbocycles. The SMILES string of the molecule is Cc1ncc(-c2cn[nH]c2)cn1. The van der Waals surface area contributed by atoms with E-state index < -0.39 is 0 Å². The molecule has 0 atom stereocenters. The zero-order valence-electron chi connectivity index (χ0n) is 6.65. The van der Waals surface area contributed by atoms with Crippen molar-refractivity contribution in [2.45, 2.75) is 6.92 Å². The van der Waals surface area contributed by atoms with E-state index in [1.807, 2.05) is 13.1 Å². The second-order valence-electron chi connectivity index (χ2n) is 2.51. The average Bonchev–Trinajstić information content (AvgIpc) is 2.58. The maximum absolute atomic E-state index is 4.08. The van der Waals surface area contributed by atoms with E-state index in [-0.39, 0.29) is 0 Å². The Balaban J connectivity index is 2.43. The standard InChI is InChI=1S/C8H8N4/c1-6-9-2-7(3-10-6)8-4-11-12-5-8/h2-5H,1H3,(H,11,12). The fourth-order valence-corrected chi connectivity index (χ4v) is 0.950. The number of aromatic amines is 1. The van der Waals surface area contributed by atoms with E-state index >= 15 is 0 Å². The number of nitrogens with one attached hydrogen (secondary N) is 1. The monoisotopic (exact) mass is 160 g/mol. The molecule has 0 aliphatic carbocycles. The first kappa shape index (κ1) is 6.97. The Morgan fingerprint density at radius 3 is 2.42 bits per heavy atom. The van der Waals surface area contributed by atoms with Gasteiger partial charge in [-0.1, -0.05) is 0 Å². The molecule has 0 spiro atoms. The van der Waals surface area contributed by atoms with Gasteiger partial charge in [0.15, 0.2) is 0 Å². The van der Waals surface area contributed by atoms with E-state index in [1.54, 1.807) is 18.6 Å². The summed E-state index contributed by atoms with van der Waals surface area (Å²) in [6.07, 6.45) is 7.13. The van der Waals surface area contributed by atoms with Crippen molar-refractivity contribution in [2.24, 2.45) is 0 Å². The normalized spacial score (nSPS) is 10.1. The molecule has 60 valence electrons. The molecule has 0 radical (unpaired) electrons. The Labute approximate surface area is 69.7 Å². The molecule has 0 amide bonds. The number of H-pyrrole nitrogens is 1. The summed E-state index contributed by atoms with van der Waals surface area (Å²) in [4.78, 5) is 8.16. The predicted octanol–water partition coefficient (Wildman–Crippen LogP) is 1.18. The van der Waals surface area contributed by atoms with Crippen molar-refractivity contribution in [1.82, 2.24) is 20.2 Å². The van der Waals surface area contributed by atoms with Crippen LogP contribution in [0.5, 0.6) is 0 Å². The van der Waals surface area contributed by atoms with Gasteiger partial charge in [-0.2, -0.15) is 5.10 Å². The van der Waals surface area contributed by atoms with Gasteiger partial charge in [0.25, 0.3) is 0 Å². The summed E-state index contributed by atoms with van der Waals surface area (Å²) >= 11 is 0. The first-order chi connectivity index (χ1) is 5.86. The molecule has 0 aliphatic heterocycles. The second-order valence-corrected chi connectivity index (χ2v) is 2.51. The van der Waals surface area contributed by atoms with Gasteiger partial charge in [-0.25, -0.2) is 9.97 Å². The van der Waals surface area contributed by atoms with Crippen molar-refractivity contribution < 1.29 is 0 Å². The van der Waals surface area contributed by atoms with Gasteiger partial charge in [0.05, 0.1) is 6.20 Å². The summed E-state index contributed by atoms with van der Waals surface area (Å²) in [5.41, 5.74) is 1.99. The molecular weight excluding hydrogens is 152 g/mol. The van der Waals surface area contributed by atoms with E-state index in [9.17, 15) is 0 Å². The van der Waals surface area contributed by atoms with Gasteiger partial charge in [0.1, 0.15) is 5.82 Å². The van der Waals surface area contributed by atoms with Gasteiger partial charge in [-0.3, -0.25) is 5.10 Å². The molecule has 0 aliphatic rings. The van der Waals surface area contributed by atoms with Crippen LogP contribution < -0.4 is 0 Å².